The largest absolute Gasteiger partial charge is 0.455 e. The van der Waals surface area contributed by atoms with Crippen LogP contribution in [-0.2, 0) is 24.3 Å². The Kier molecular flexibility index (Phi) is 6.88. The first-order valence-electron chi connectivity index (χ1n) is 8.52. The van der Waals surface area contributed by atoms with Gasteiger partial charge >= 0.3 is 5.97 Å². The van der Waals surface area contributed by atoms with Gasteiger partial charge in [-0.25, -0.2) is 17.2 Å². The summed E-state index contributed by atoms with van der Waals surface area (Å²) >= 11 is 0. The molecule has 0 bridgehead atoms. The van der Waals surface area contributed by atoms with Gasteiger partial charge in [0, 0.05) is 19.1 Å². The van der Waals surface area contributed by atoms with Gasteiger partial charge in [-0.3, -0.25) is 9.59 Å². The number of ether oxygens (including phenoxy) is 1. The maximum Gasteiger partial charge on any atom is 0.309 e. The predicted octanol–water partition coefficient (Wildman–Crippen LogP) is 1.43. The van der Waals surface area contributed by atoms with Crippen LogP contribution in [0.3, 0.4) is 0 Å². The standard InChI is InChI=1S/C17H22F2N2O5S/c1-11(2)20-16(22)10-26-17(23)12-5-7-21(8-6-12)27(24,25)15-9-13(18)3-4-14(15)19/h3-4,9,11-12H,5-8,10H2,1-2H3,(H,20,22). The molecule has 0 aromatic heterocycles. The molecule has 7 nitrogen and oxygen atoms in total. The number of halogens is 2. The Morgan fingerprint density at radius 3 is 2.48 bits per heavy atom. The maximum atomic E-state index is 13.8. The fourth-order valence-corrected chi connectivity index (χ4v) is 4.31. The van der Waals surface area contributed by atoms with Crippen LogP contribution in [0, 0.1) is 17.6 Å². The molecule has 0 aliphatic carbocycles. The summed E-state index contributed by atoms with van der Waals surface area (Å²) in [5.74, 6) is -3.44. The third-order valence-electron chi connectivity index (χ3n) is 4.09. The second kappa shape index (κ2) is 8.75. The number of sulfonamides is 1. The quantitative estimate of drug-likeness (QED) is 0.724. The van der Waals surface area contributed by atoms with Gasteiger partial charge in [0.1, 0.15) is 16.5 Å². The van der Waals surface area contributed by atoms with Crippen molar-refractivity contribution in [1.82, 2.24) is 9.62 Å². The van der Waals surface area contributed by atoms with Crippen LogP contribution in [0.25, 0.3) is 0 Å². The zero-order chi connectivity index (χ0) is 20.2. The molecule has 1 N–H and O–H groups in total. The zero-order valence-electron chi connectivity index (χ0n) is 15.1. The summed E-state index contributed by atoms with van der Waals surface area (Å²) < 4.78 is 58.1. The molecule has 1 fully saturated rings. The predicted molar refractivity (Wildman–Crippen MR) is 92.1 cm³/mol. The average molecular weight is 404 g/mol. The van der Waals surface area contributed by atoms with Crippen molar-refractivity contribution in [1.29, 1.82) is 0 Å². The first-order chi connectivity index (χ1) is 12.6. The number of rotatable bonds is 6. The van der Waals surface area contributed by atoms with Crippen LogP contribution in [0.4, 0.5) is 8.78 Å². The van der Waals surface area contributed by atoms with Crippen LogP contribution >= 0.6 is 0 Å². The Balaban J connectivity index is 1.93. The van der Waals surface area contributed by atoms with Crippen molar-refractivity contribution in [3.05, 3.63) is 29.8 Å². The number of esters is 1. The number of hydrogen-bond acceptors (Lipinski definition) is 5. The minimum absolute atomic E-state index is 0.0315. The molecule has 1 aromatic carbocycles. The number of nitrogens with one attached hydrogen (secondary N) is 1. The van der Waals surface area contributed by atoms with Crippen LogP contribution in [0.1, 0.15) is 26.7 Å². The van der Waals surface area contributed by atoms with Crippen molar-refractivity contribution < 1.29 is 31.5 Å². The molecule has 1 heterocycles. The summed E-state index contributed by atoms with van der Waals surface area (Å²) in [5, 5.41) is 2.59. The maximum absolute atomic E-state index is 13.8. The van der Waals surface area contributed by atoms with Crippen LogP contribution < -0.4 is 5.32 Å². The van der Waals surface area contributed by atoms with Crippen molar-refractivity contribution in [3.8, 4) is 0 Å². The lowest BCUT2D eigenvalue weighted by molar-refractivity contribution is -0.153. The van der Waals surface area contributed by atoms with Gasteiger partial charge in [0.25, 0.3) is 5.91 Å². The van der Waals surface area contributed by atoms with Gasteiger partial charge in [-0.2, -0.15) is 4.31 Å². The van der Waals surface area contributed by atoms with E-state index >= 15 is 0 Å². The Morgan fingerprint density at radius 1 is 1.26 bits per heavy atom. The van der Waals surface area contributed by atoms with E-state index in [-0.39, 0.29) is 32.0 Å². The molecular formula is C17H22F2N2O5S. The SMILES string of the molecule is CC(C)NC(=O)COC(=O)C1CCN(S(=O)(=O)c2cc(F)ccc2F)CC1. The number of carbonyl (C=O) groups excluding carboxylic acids is 2. The molecule has 0 spiro atoms. The van der Waals surface area contributed by atoms with Crippen molar-refractivity contribution in [3.63, 3.8) is 0 Å². The first-order valence-corrected chi connectivity index (χ1v) is 9.96. The topological polar surface area (TPSA) is 92.8 Å². The molecule has 0 unspecified atom stereocenters. The smallest absolute Gasteiger partial charge is 0.309 e. The number of amides is 1. The van der Waals surface area contributed by atoms with E-state index in [1.807, 2.05) is 0 Å². The molecule has 150 valence electrons. The van der Waals surface area contributed by atoms with E-state index in [2.05, 4.69) is 5.32 Å². The molecule has 1 amide bonds. The molecule has 0 radical (unpaired) electrons. The Morgan fingerprint density at radius 2 is 1.89 bits per heavy atom. The summed E-state index contributed by atoms with van der Waals surface area (Å²) in [7, 11) is -4.20. The van der Waals surface area contributed by atoms with Crippen LogP contribution in [0.15, 0.2) is 23.1 Å². The van der Waals surface area contributed by atoms with E-state index in [0.29, 0.717) is 6.07 Å². The fourth-order valence-electron chi connectivity index (χ4n) is 2.76. The lowest BCUT2D eigenvalue weighted by Gasteiger charge is -2.30. The van der Waals surface area contributed by atoms with E-state index in [9.17, 15) is 26.8 Å². The second-order valence-electron chi connectivity index (χ2n) is 6.58. The van der Waals surface area contributed by atoms with Gasteiger partial charge in [-0.05, 0) is 44.9 Å². The van der Waals surface area contributed by atoms with Crippen molar-refractivity contribution in [2.24, 2.45) is 5.92 Å². The molecule has 0 saturated carbocycles. The van der Waals surface area contributed by atoms with E-state index in [1.165, 1.54) is 0 Å². The van der Waals surface area contributed by atoms with Gasteiger partial charge in [-0.1, -0.05) is 0 Å². The van der Waals surface area contributed by atoms with E-state index in [0.717, 1.165) is 16.4 Å². The number of benzene rings is 1. The van der Waals surface area contributed by atoms with Gasteiger partial charge in [-0.15, -0.1) is 0 Å². The lowest BCUT2D eigenvalue weighted by atomic mass is 9.98. The van der Waals surface area contributed by atoms with Crippen molar-refractivity contribution in [2.75, 3.05) is 19.7 Å². The lowest BCUT2D eigenvalue weighted by Crippen LogP contribution is -2.41. The number of nitrogens with zero attached hydrogens (tertiary/aromatic N) is 1. The summed E-state index contributed by atoms with van der Waals surface area (Å²) in [6, 6.07) is 2.16. The van der Waals surface area contributed by atoms with Gasteiger partial charge in [0.05, 0.1) is 5.92 Å². The van der Waals surface area contributed by atoms with Gasteiger partial charge < -0.3 is 10.1 Å². The molecule has 10 heteroatoms. The van der Waals surface area contributed by atoms with Crippen LogP contribution in [0.2, 0.25) is 0 Å². The first kappa shape index (κ1) is 21.2. The molecule has 1 aliphatic heterocycles. The summed E-state index contributed by atoms with van der Waals surface area (Å²) in [4.78, 5) is 22.8. The van der Waals surface area contributed by atoms with E-state index in [4.69, 9.17) is 4.74 Å². The average Bonchev–Trinajstić information content (AvgIpc) is 2.61. The van der Waals surface area contributed by atoms with Crippen LogP contribution in [0.5, 0.6) is 0 Å². The Bertz CT molecular complexity index is 806. The highest BCUT2D eigenvalue weighted by Crippen LogP contribution is 2.26. The summed E-state index contributed by atoms with van der Waals surface area (Å²) in [6.45, 7) is 3.09. The van der Waals surface area contributed by atoms with Gasteiger partial charge in [0.2, 0.25) is 10.0 Å². The van der Waals surface area contributed by atoms with E-state index < -0.39 is 51.0 Å². The molecule has 2 rings (SSSR count). The Labute approximate surface area is 156 Å². The van der Waals surface area contributed by atoms with Crippen molar-refractivity contribution in [2.45, 2.75) is 37.6 Å². The highest BCUT2D eigenvalue weighted by atomic mass is 32.2. The number of hydrogen-bond donors (Lipinski definition) is 1. The Hall–Kier alpha value is -2.07. The third kappa shape index (κ3) is 5.46. The summed E-state index contributed by atoms with van der Waals surface area (Å²) in [6.07, 6.45) is 0.335. The molecule has 1 aliphatic rings. The fraction of sp³-hybridized carbons (Fsp3) is 0.529. The van der Waals surface area contributed by atoms with Crippen molar-refractivity contribution >= 4 is 21.9 Å². The summed E-state index contributed by atoms with van der Waals surface area (Å²) in [5.41, 5.74) is 0. The monoisotopic (exact) mass is 404 g/mol. The molecular weight excluding hydrogens is 382 g/mol. The van der Waals surface area contributed by atoms with Gasteiger partial charge in [0.15, 0.2) is 6.61 Å². The van der Waals surface area contributed by atoms with Crippen LogP contribution in [-0.4, -0.2) is 50.3 Å². The minimum Gasteiger partial charge on any atom is -0.455 e. The molecule has 0 atom stereocenters. The third-order valence-corrected chi connectivity index (χ3v) is 6.01. The zero-order valence-corrected chi connectivity index (χ0v) is 15.9. The van der Waals surface area contributed by atoms with E-state index in [1.54, 1.807) is 13.8 Å². The normalized spacial score (nSPS) is 16.3. The molecule has 27 heavy (non-hydrogen) atoms. The highest BCUT2D eigenvalue weighted by Gasteiger charge is 2.34. The minimum atomic E-state index is -4.20. The second-order valence-corrected chi connectivity index (χ2v) is 8.49. The number of carbonyl (C=O) groups is 2. The highest BCUT2D eigenvalue weighted by molar-refractivity contribution is 7.89. The number of piperidine rings is 1. The molecule has 1 aromatic rings. The molecule has 1 saturated heterocycles.